The normalized spacial score (nSPS) is 10.1. The number of thiocarbonyl (C=S) groups is 1. The fourth-order valence-corrected chi connectivity index (χ4v) is 2.11. The van der Waals surface area contributed by atoms with Gasteiger partial charge in [-0.25, -0.2) is 0 Å². The lowest BCUT2D eigenvalue weighted by atomic mass is 10.2. The molecule has 0 aliphatic rings. The average molecular weight is 352 g/mol. The molecule has 104 valence electrons. The Kier molecular flexibility index (Phi) is 5.38. The molecule has 0 unspecified atom stereocenters. The molecule has 0 spiro atoms. The lowest BCUT2D eigenvalue weighted by Gasteiger charge is -2.09. The Morgan fingerprint density at radius 3 is 2.25 bits per heavy atom. The molecular weight excluding hydrogens is 338 g/mol. The van der Waals surface area contributed by atoms with Crippen molar-refractivity contribution in [3.63, 3.8) is 0 Å². The first kappa shape index (κ1) is 14.8. The van der Waals surface area contributed by atoms with E-state index in [4.69, 9.17) is 27.4 Å². The predicted molar refractivity (Wildman–Crippen MR) is 87.5 cm³/mol. The molecule has 0 heterocycles. The van der Waals surface area contributed by atoms with Gasteiger partial charge in [-0.2, -0.15) is 0 Å². The van der Waals surface area contributed by atoms with E-state index >= 15 is 0 Å². The number of halogens is 1. The number of ether oxygens (including phenoxy) is 2. The molecule has 2 aromatic carbocycles. The maximum atomic E-state index is 5.57. The summed E-state index contributed by atoms with van der Waals surface area (Å²) in [5.74, 6) is 1.58. The third-order valence-corrected chi connectivity index (χ3v) is 3.28. The zero-order valence-electron chi connectivity index (χ0n) is 10.7. The van der Waals surface area contributed by atoms with Crippen molar-refractivity contribution in [1.82, 2.24) is 0 Å². The summed E-state index contributed by atoms with van der Waals surface area (Å²) >= 11 is 8.28. The van der Waals surface area contributed by atoms with Crippen LogP contribution < -0.4 is 15.2 Å². The Labute approximate surface area is 131 Å². The van der Waals surface area contributed by atoms with E-state index in [0.29, 0.717) is 18.2 Å². The molecule has 2 rings (SSSR count). The van der Waals surface area contributed by atoms with Crippen LogP contribution in [0, 0.1) is 0 Å². The Hall–Kier alpha value is -1.59. The Balaban J connectivity index is 1.77. The highest BCUT2D eigenvalue weighted by molar-refractivity contribution is 9.10. The summed E-state index contributed by atoms with van der Waals surface area (Å²) in [5, 5.41) is 0. The summed E-state index contributed by atoms with van der Waals surface area (Å²) in [4.78, 5) is 0.384. The zero-order valence-corrected chi connectivity index (χ0v) is 13.1. The van der Waals surface area contributed by atoms with E-state index in [9.17, 15) is 0 Å². The summed E-state index contributed by atoms with van der Waals surface area (Å²) in [6.45, 7) is 0.951. The molecule has 0 aromatic heterocycles. The van der Waals surface area contributed by atoms with Gasteiger partial charge < -0.3 is 15.2 Å². The van der Waals surface area contributed by atoms with Crippen LogP contribution in [-0.2, 0) is 0 Å². The Morgan fingerprint density at radius 2 is 1.65 bits per heavy atom. The van der Waals surface area contributed by atoms with Gasteiger partial charge in [0.05, 0.1) is 0 Å². The van der Waals surface area contributed by atoms with Gasteiger partial charge in [0, 0.05) is 10.0 Å². The molecule has 20 heavy (non-hydrogen) atoms. The van der Waals surface area contributed by atoms with Crippen molar-refractivity contribution in [1.29, 1.82) is 0 Å². The van der Waals surface area contributed by atoms with Crippen LogP contribution in [0.25, 0.3) is 0 Å². The quantitative estimate of drug-likeness (QED) is 0.638. The molecule has 0 atom stereocenters. The van der Waals surface area contributed by atoms with Crippen LogP contribution in [0.2, 0.25) is 0 Å². The molecule has 0 aliphatic carbocycles. The summed E-state index contributed by atoms with van der Waals surface area (Å²) in [6.07, 6.45) is 0. The van der Waals surface area contributed by atoms with Gasteiger partial charge in [-0.15, -0.1) is 0 Å². The van der Waals surface area contributed by atoms with Crippen LogP contribution in [0.3, 0.4) is 0 Å². The van der Waals surface area contributed by atoms with E-state index < -0.39 is 0 Å². The van der Waals surface area contributed by atoms with Crippen molar-refractivity contribution in [3.05, 3.63) is 58.6 Å². The van der Waals surface area contributed by atoms with E-state index in [1.165, 1.54) is 0 Å². The summed E-state index contributed by atoms with van der Waals surface area (Å²) in [7, 11) is 0. The van der Waals surface area contributed by atoms with E-state index in [2.05, 4.69) is 15.9 Å². The van der Waals surface area contributed by atoms with Crippen LogP contribution in [-0.4, -0.2) is 18.2 Å². The molecule has 0 aliphatic heterocycles. The van der Waals surface area contributed by atoms with Crippen molar-refractivity contribution in [2.24, 2.45) is 5.73 Å². The molecule has 3 nitrogen and oxygen atoms in total. The van der Waals surface area contributed by atoms with E-state index in [0.717, 1.165) is 21.5 Å². The Morgan fingerprint density at radius 1 is 1.00 bits per heavy atom. The average Bonchev–Trinajstić information content (AvgIpc) is 2.44. The summed E-state index contributed by atoms with van der Waals surface area (Å²) in [5.41, 5.74) is 6.36. The van der Waals surface area contributed by atoms with Gasteiger partial charge in [0.15, 0.2) is 0 Å². The van der Waals surface area contributed by atoms with Gasteiger partial charge in [0.2, 0.25) is 0 Å². The number of hydrogen-bond acceptors (Lipinski definition) is 3. The number of benzene rings is 2. The lowest BCUT2D eigenvalue weighted by Crippen LogP contribution is -2.10. The van der Waals surface area contributed by atoms with Crippen molar-refractivity contribution in [2.75, 3.05) is 13.2 Å². The maximum Gasteiger partial charge on any atom is 0.122 e. The van der Waals surface area contributed by atoms with Gasteiger partial charge in [-0.3, -0.25) is 0 Å². The van der Waals surface area contributed by atoms with Crippen molar-refractivity contribution in [3.8, 4) is 11.5 Å². The van der Waals surface area contributed by atoms with Crippen molar-refractivity contribution < 1.29 is 9.47 Å². The predicted octanol–water partition coefficient (Wildman–Crippen LogP) is 3.54. The Bertz CT molecular complexity index is 587. The van der Waals surface area contributed by atoms with Crippen LogP contribution in [0.5, 0.6) is 11.5 Å². The monoisotopic (exact) mass is 351 g/mol. The fraction of sp³-hybridized carbons (Fsp3) is 0.133. The van der Waals surface area contributed by atoms with Gasteiger partial charge in [-0.05, 0) is 42.5 Å². The lowest BCUT2D eigenvalue weighted by molar-refractivity contribution is 0.217. The smallest absolute Gasteiger partial charge is 0.122 e. The highest BCUT2D eigenvalue weighted by Crippen LogP contribution is 2.17. The minimum absolute atomic E-state index is 0.384. The third-order valence-electron chi connectivity index (χ3n) is 2.56. The van der Waals surface area contributed by atoms with Crippen molar-refractivity contribution in [2.45, 2.75) is 0 Å². The molecular formula is C15H14BrNO2S. The second-order valence-corrected chi connectivity index (χ2v) is 5.40. The van der Waals surface area contributed by atoms with Crippen LogP contribution in [0.4, 0.5) is 0 Å². The highest BCUT2D eigenvalue weighted by atomic mass is 79.9. The molecule has 2 N–H and O–H groups in total. The standard InChI is InChI=1S/C15H14BrNO2S/c16-12-2-1-3-14(10-12)19-9-8-18-13-6-4-11(5-7-13)15(17)20/h1-7,10H,8-9H2,(H2,17,20). The van der Waals surface area contributed by atoms with Crippen molar-refractivity contribution >= 4 is 33.1 Å². The fourth-order valence-electron chi connectivity index (χ4n) is 1.59. The summed E-state index contributed by atoms with van der Waals surface area (Å²) in [6, 6.07) is 15.1. The topological polar surface area (TPSA) is 44.5 Å². The highest BCUT2D eigenvalue weighted by Gasteiger charge is 1.98. The van der Waals surface area contributed by atoms with Gasteiger partial charge in [0.25, 0.3) is 0 Å². The molecule has 0 radical (unpaired) electrons. The third kappa shape index (κ3) is 4.51. The number of rotatable bonds is 6. The molecule has 0 fully saturated rings. The first-order valence-electron chi connectivity index (χ1n) is 6.06. The SMILES string of the molecule is NC(=S)c1ccc(OCCOc2cccc(Br)c2)cc1. The molecule has 2 aromatic rings. The van der Waals surface area contributed by atoms with E-state index in [1.807, 2.05) is 48.5 Å². The van der Waals surface area contributed by atoms with E-state index in [1.54, 1.807) is 0 Å². The van der Waals surface area contributed by atoms with Crippen LogP contribution in [0.1, 0.15) is 5.56 Å². The van der Waals surface area contributed by atoms with Gasteiger partial charge in [0.1, 0.15) is 29.7 Å². The largest absolute Gasteiger partial charge is 0.490 e. The first-order valence-corrected chi connectivity index (χ1v) is 7.26. The molecule has 0 amide bonds. The molecule has 0 saturated heterocycles. The second kappa shape index (κ2) is 7.26. The minimum Gasteiger partial charge on any atom is -0.490 e. The number of hydrogen-bond donors (Lipinski definition) is 1. The van der Waals surface area contributed by atoms with Gasteiger partial charge >= 0.3 is 0 Å². The first-order chi connectivity index (χ1) is 9.65. The van der Waals surface area contributed by atoms with Crippen LogP contribution >= 0.6 is 28.1 Å². The number of nitrogens with two attached hydrogens (primary N) is 1. The van der Waals surface area contributed by atoms with E-state index in [-0.39, 0.29) is 0 Å². The van der Waals surface area contributed by atoms with Crippen LogP contribution in [0.15, 0.2) is 53.0 Å². The molecule has 5 heteroatoms. The molecule has 0 saturated carbocycles. The van der Waals surface area contributed by atoms with Gasteiger partial charge in [-0.1, -0.05) is 34.2 Å². The minimum atomic E-state index is 0.384. The summed E-state index contributed by atoms with van der Waals surface area (Å²) < 4.78 is 12.1. The zero-order chi connectivity index (χ0) is 14.4. The second-order valence-electron chi connectivity index (χ2n) is 4.04. The molecule has 0 bridgehead atoms. The maximum absolute atomic E-state index is 5.57.